The highest BCUT2D eigenvalue weighted by Crippen LogP contribution is 2.37. The first-order valence-corrected chi connectivity index (χ1v) is 12.0. The molecule has 5 rings (SSSR count). The van der Waals surface area contributed by atoms with Crippen molar-refractivity contribution in [1.82, 2.24) is 29.5 Å². The number of likely N-dealkylation sites (N-methyl/N-ethyl adjacent to an activating group) is 1. The molecule has 0 spiro atoms. The Hall–Kier alpha value is -3.76. The Kier molecular flexibility index (Phi) is 6.71. The number of nitrogens with zero attached hydrogens (tertiary/aromatic N) is 7. The van der Waals surface area contributed by atoms with Crippen LogP contribution < -0.4 is 15.4 Å². The average molecular weight is 491 g/mol. The number of fused-ring (bicyclic) bond motifs is 1. The zero-order valence-corrected chi connectivity index (χ0v) is 20.9. The van der Waals surface area contributed by atoms with E-state index in [9.17, 15) is 4.39 Å². The SMILES string of the molecule is COc1ccccc1-c1nc(N2CCN(CCN(C)C)CC2)nc2nn(-c3cccc(F)c3)c(N)c12. The average Bonchev–Trinajstić information content (AvgIpc) is 3.23. The summed E-state index contributed by atoms with van der Waals surface area (Å²) in [6.07, 6.45) is 0. The minimum absolute atomic E-state index is 0.344. The van der Waals surface area contributed by atoms with Crippen LogP contribution in [0.3, 0.4) is 0 Å². The first-order chi connectivity index (χ1) is 17.4. The monoisotopic (exact) mass is 490 g/mol. The van der Waals surface area contributed by atoms with E-state index < -0.39 is 0 Å². The van der Waals surface area contributed by atoms with E-state index in [0.717, 1.165) is 44.8 Å². The molecular formula is C26H31FN8O. The molecule has 0 saturated carbocycles. The van der Waals surface area contributed by atoms with Crippen molar-refractivity contribution in [1.29, 1.82) is 0 Å². The van der Waals surface area contributed by atoms with Gasteiger partial charge >= 0.3 is 0 Å². The van der Waals surface area contributed by atoms with Crippen molar-refractivity contribution in [3.63, 3.8) is 0 Å². The number of rotatable bonds is 7. The number of aromatic nitrogens is 4. The molecule has 10 heteroatoms. The molecule has 0 amide bonds. The second kappa shape index (κ2) is 10.1. The summed E-state index contributed by atoms with van der Waals surface area (Å²) < 4.78 is 21.1. The summed E-state index contributed by atoms with van der Waals surface area (Å²) in [5.41, 5.74) is 9.00. The minimum Gasteiger partial charge on any atom is -0.496 e. The molecular weight excluding hydrogens is 459 g/mol. The molecule has 1 aliphatic heterocycles. The Morgan fingerprint density at radius 2 is 1.81 bits per heavy atom. The number of nitrogen functional groups attached to an aromatic ring is 1. The van der Waals surface area contributed by atoms with Gasteiger partial charge in [-0.05, 0) is 44.4 Å². The number of anilines is 2. The van der Waals surface area contributed by atoms with Gasteiger partial charge in [0.15, 0.2) is 5.65 Å². The largest absolute Gasteiger partial charge is 0.496 e. The predicted octanol–water partition coefficient (Wildman–Crippen LogP) is 2.90. The van der Waals surface area contributed by atoms with Crippen LogP contribution in [0, 0.1) is 5.82 Å². The maximum absolute atomic E-state index is 14.0. The molecule has 0 unspecified atom stereocenters. The lowest BCUT2D eigenvalue weighted by atomic mass is 10.1. The van der Waals surface area contributed by atoms with Crippen molar-refractivity contribution in [2.75, 3.05) is 71.1 Å². The molecule has 0 bridgehead atoms. The standard InChI is InChI=1S/C26H31FN8O/c1-32(2)11-12-33-13-15-34(16-14-33)26-29-23(20-9-4-5-10-21(20)36-3)22-24(28)35(31-25(22)30-26)19-8-6-7-18(27)17-19/h4-10,17H,11-16,28H2,1-3H3. The summed E-state index contributed by atoms with van der Waals surface area (Å²) in [5, 5.41) is 5.28. The van der Waals surface area contributed by atoms with Gasteiger partial charge in [0.25, 0.3) is 0 Å². The van der Waals surface area contributed by atoms with Gasteiger partial charge in [0.2, 0.25) is 5.95 Å². The molecule has 0 aliphatic carbocycles. The van der Waals surface area contributed by atoms with E-state index in [1.165, 1.54) is 16.8 Å². The molecule has 9 nitrogen and oxygen atoms in total. The third-order valence-corrected chi connectivity index (χ3v) is 6.49. The highest BCUT2D eigenvalue weighted by Gasteiger charge is 2.25. The van der Waals surface area contributed by atoms with E-state index in [4.69, 9.17) is 20.4 Å². The quantitative estimate of drug-likeness (QED) is 0.423. The van der Waals surface area contributed by atoms with Gasteiger partial charge in [0.05, 0.1) is 23.9 Å². The summed E-state index contributed by atoms with van der Waals surface area (Å²) in [6, 6.07) is 13.9. The number of hydrogen-bond donors (Lipinski definition) is 1. The van der Waals surface area contributed by atoms with Crippen molar-refractivity contribution >= 4 is 22.8 Å². The Bertz CT molecular complexity index is 1360. The fourth-order valence-corrected chi connectivity index (χ4v) is 4.49. The van der Waals surface area contributed by atoms with Crippen LogP contribution in [-0.2, 0) is 0 Å². The summed E-state index contributed by atoms with van der Waals surface area (Å²) in [6.45, 7) is 5.53. The number of piperazine rings is 1. The predicted molar refractivity (Wildman–Crippen MR) is 140 cm³/mol. The van der Waals surface area contributed by atoms with Gasteiger partial charge in [0.1, 0.15) is 17.4 Å². The molecule has 1 saturated heterocycles. The number of halogens is 1. The van der Waals surface area contributed by atoms with Gasteiger partial charge in [-0.2, -0.15) is 4.98 Å². The van der Waals surface area contributed by atoms with Crippen molar-refractivity contribution in [2.24, 2.45) is 0 Å². The highest BCUT2D eigenvalue weighted by molar-refractivity contribution is 6.00. The number of benzene rings is 2. The lowest BCUT2D eigenvalue weighted by Crippen LogP contribution is -2.48. The first-order valence-electron chi connectivity index (χ1n) is 12.0. The van der Waals surface area contributed by atoms with Crippen molar-refractivity contribution in [3.05, 3.63) is 54.3 Å². The van der Waals surface area contributed by atoms with Crippen LogP contribution in [0.4, 0.5) is 16.2 Å². The van der Waals surface area contributed by atoms with Gasteiger partial charge in [-0.25, -0.2) is 14.1 Å². The van der Waals surface area contributed by atoms with E-state index >= 15 is 0 Å². The third-order valence-electron chi connectivity index (χ3n) is 6.49. The topological polar surface area (TPSA) is 88.6 Å². The van der Waals surface area contributed by atoms with Crippen LogP contribution in [0.1, 0.15) is 0 Å². The fraction of sp³-hybridized carbons (Fsp3) is 0.346. The molecule has 2 N–H and O–H groups in total. The molecule has 0 radical (unpaired) electrons. The fourth-order valence-electron chi connectivity index (χ4n) is 4.49. The maximum Gasteiger partial charge on any atom is 0.228 e. The van der Waals surface area contributed by atoms with Gasteiger partial charge in [-0.15, -0.1) is 5.10 Å². The van der Waals surface area contributed by atoms with Crippen LogP contribution in [0.25, 0.3) is 28.0 Å². The molecule has 3 heterocycles. The van der Waals surface area contributed by atoms with E-state index in [1.807, 2.05) is 24.3 Å². The van der Waals surface area contributed by atoms with E-state index in [2.05, 4.69) is 33.9 Å². The zero-order chi connectivity index (χ0) is 25.2. The number of para-hydroxylation sites is 1. The minimum atomic E-state index is -0.365. The molecule has 2 aromatic heterocycles. The second-order valence-electron chi connectivity index (χ2n) is 9.18. The lowest BCUT2D eigenvalue weighted by molar-refractivity contribution is 0.229. The summed E-state index contributed by atoms with van der Waals surface area (Å²) in [4.78, 5) is 16.6. The Morgan fingerprint density at radius 1 is 1.03 bits per heavy atom. The van der Waals surface area contributed by atoms with Crippen LogP contribution in [-0.4, -0.2) is 90.0 Å². The van der Waals surface area contributed by atoms with E-state index in [0.29, 0.717) is 39.9 Å². The molecule has 1 fully saturated rings. The van der Waals surface area contributed by atoms with E-state index in [1.54, 1.807) is 19.2 Å². The molecule has 36 heavy (non-hydrogen) atoms. The van der Waals surface area contributed by atoms with E-state index in [-0.39, 0.29) is 5.82 Å². The highest BCUT2D eigenvalue weighted by atomic mass is 19.1. The Balaban J connectivity index is 1.59. The molecule has 1 aliphatic rings. The molecule has 4 aromatic rings. The number of nitrogens with two attached hydrogens (primary N) is 1. The number of ether oxygens (including phenoxy) is 1. The van der Waals surface area contributed by atoms with Crippen molar-refractivity contribution < 1.29 is 9.13 Å². The molecule has 2 aromatic carbocycles. The van der Waals surface area contributed by atoms with Gasteiger partial charge in [-0.1, -0.05) is 18.2 Å². The lowest BCUT2D eigenvalue weighted by Gasteiger charge is -2.35. The number of methoxy groups -OCH3 is 1. The van der Waals surface area contributed by atoms with Crippen molar-refractivity contribution in [3.8, 4) is 22.7 Å². The smallest absolute Gasteiger partial charge is 0.228 e. The van der Waals surface area contributed by atoms with Crippen LogP contribution in [0.5, 0.6) is 5.75 Å². The van der Waals surface area contributed by atoms with Crippen LogP contribution in [0.2, 0.25) is 0 Å². The molecule has 188 valence electrons. The summed E-state index contributed by atoms with van der Waals surface area (Å²) in [7, 11) is 5.81. The maximum atomic E-state index is 14.0. The third kappa shape index (κ3) is 4.69. The van der Waals surface area contributed by atoms with Gasteiger partial charge < -0.3 is 20.3 Å². The van der Waals surface area contributed by atoms with Crippen LogP contribution in [0.15, 0.2) is 48.5 Å². The summed E-state index contributed by atoms with van der Waals surface area (Å²) >= 11 is 0. The normalized spacial score (nSPS) is 14.6. The van der Waals surface area contributed by atoms with Gasteiger partial charge in [0, 0.05) is 44.8 Å². The number of hydrogen-bond acceptors (Lipinski definition) is 8. The molecule has 0 atom stereocenters. The second-order valence-corrected chi connectivity index (χ2v) is 9.18. The Labute approximate surface area is 209 Å². The van der Waals surface area contributed by atoms with Crippen molar-refractivity contribution in [2.45, 2.75) is 0 Å². The Morgan fingerprint density at radius 3 is 2.53 bits per heavy atom. The first kappa shape index (κ1) is 24.0. The zero-order valence-electron chi connectivity index (χ0n) is 20.9. The summed E-state index contributed by atoms with van der Waals surface area (Å²) in [5.74, 6) is 1.25. The van der Waals surface area contributed by atoms with Gasteiger partial charge in [-0.3, -0.25) is 4.90 Å². The van der Waals surface area contributed by atoms with Crippen LogP contribution >= 0.6 is 0 Å².